The van der Waals surface area contributed by atoms with Crippen LogP contribution in [0.1, 0.15) is 42.4 Å². The molecule has 1 aromatic heterocycles. The normalized spacial score (nSPS) is 11.6. The summed E-state index contributed by atoms with van der Waals surface area (Å²) in [5.41, 5.74) is 3.25. The molecule has 0 saturated carbocycles. The lowest BCUT2D eigenvalue weighted by Gasteiger charge is -2.19. The smallest absolute Gasteiger partial charge is 0.412 e. The maximum absolute atomic E-state index is 12.5. The summed E-state index contributed by atoms with van der Waals surface area (Å²) in [6.45, 7) is 5.30. The number of hydrogen-bond acceptors (Lipinski definition) is 5. The SMILES string of the molecule is Cn1cc(/C=C/C(=O)c2cccc(NC(=O)OC(C)(C)C)c2)cc1/C=C/C(=O)NO. The minimum atomic E-state index is -0.636. The molecule has 0 bridgehead atoms. The Morgan fingerprint density at radius 1 is 1.10 bits per heavy atom. The molecule has 2 amide bonds. The monoisotopic (exact) mass is 411 g/mol. The number of ether oxygens (including phenoxy) is 1. The number of amides is 2. The summed E-state index contributed by atoms with van der Waals surface area (Å²) in [5, 5.41) is 11.1. The Balaban J connectivity index is 2.07. The highest BCUT2D eigenvalue weighted by atomic mass is 16.6. The fourth-order valence-corrected chi connectivity index (χ4v) is 2.50. The molecule has 1 heterocycles. The number of carbonyl (C=O) groups excluding carboxylic acids is 3. The molecule has 2 aromatic rings. The van der Waals surface area contributed by atoms with E-state index in [0.29, 0.717) is 16.9 Å². The van der Waals surface area contributed by atoms with Gasteiger partial charge in [-0.3, -0.25) is 20.1 Å². The van der Waals surface area contributed by atoms with Gasteiger partial charge in [-0.2, -0.15) is 0 Å². The predicted molar refractivity (Wildman–Crippen MR) is 114 cm³/mol. The van der Waals surface area contributed by atoms with Crippen LogP contribution in [0.15, 0.2) is 48.7 Å². The molecule has 0 aliphatic carbocycles. The van der Waals surface area contributed by atoms with Gasteiger partial charge in [0.15, 0.2) is 5.78 Å². The Morgan fingerprint density at radius 3 is 2.50 bits per heavy atom. The number of carbonyl (C=O) groups is 3. The Morgan fingerprint density at radius 2 is 1.83 bits per heavy atom. The molecule has 0 radical (unpaired) electrons. The van der Waals surface area contributed by atoms with Gasteiger partial charge < -0.3 is 9.30 Å². The zero-order valence-electron chi connectivity index (χ0n) is 17.3. The zero-order chi connectivity index (χ0) is 22.3. The van der Waals surface area contributed by atoms with Crippen LogP contribution in [-0.2, 0) is 16.6 Å². The van der Waals surface area contributed by atoms with Crippen molar-refractivity contribution >= 4 is 35.6 Å². The molecule has 0 aliphatic rings. The van der Waals surface area contributed by atoms with Crippen LogP contribution in [0.25, 0.3) is 12.2 Å². The van der Waals surface area contributed by atoms with Gasteiger partial charge in [0, 0.05) is 36.3 Å². The molecule has 0 unspecified atom stereocenters. The first-order valence-corrected chi connectivity index (χ1v) is 9.18. The van der Waals surface area contributed by atoms with E-state index in [0.717, 1.165) is 5.56 Å². The second-order valence-corrected chi connectivity index (χ2v) is 7.52. The first-order chi connectivity index (χ1) is 14.1. The highest BCUT2D eigenvalue weighted by Crippen LogP contribution is 2.16. The number of rotatable bonds is 6. The number of allylic oxidation sites excluding steroid dienone is 1. The summed E-state index contributed by atoms with van der Waals surface area (Å²) in [7, 11) is 1.79. The highest BCUT2D eigenvalue weighted by molar-refractivity contribution is 6.07. The van der Waals surface area contributed by atoms with Crippen molar-refractivity contribution < 1.29 is 24.3 Å². The molecule has 3 N–H and O–H groups in total. The van der Waals surface area contributed by atoms with Crippen molar-refractivity contribution in [2.45, 2.75) is 26.4 Å². The van der Waals surface area contributed by atoms with E-state index in [9.17, 15) is 14.4 Å². The quantitative estimate of drug-likeness (QED) is 0.290. The third-order valence-electron chi connectivity index (χ3n) is 3.80. The molecule has 0 atom stereocenters. The van der Waals surface area contributed by atoms with Crippen LogP contribution in [-0.4, -0.2) is 33.2 Å². The lowest BCUT2D eigenvalue weighted by Crippen LogP contribution is -2.27. The lowest BCUT2D eigenvalue weighted by molar-refractivity contribution is -0.124. The van der Waals surface area contributed by atoms with Gasteiger partial charge in [-0.1, -0.05) is 12.1 Å². The summed E-state index contributed by atoms with van der Waals surface area (Å²) >= 11 is 0. The number of hydrogen-bond donors (Lipinski definition) is 3. The van der Waals surface area contributed by atoms with E-state index >= 15 is 0 Å². The summed E-state index contributed by atoms with van der Waals surface area (Å²) in [6, 6.07) is 8.35. The van der Waals surface area contributed by atoms with Crippen LogP contribution in [0.3, 0.4) is 0 Å². The fourth-order valence-electron chi connectivity index (χ4n) is 2.50. The van der Waals surface area contributed by atoms with Gasteiger partial charge in [0.2, 0.25) is 0 Å². The van der Waals surface area contributed by atoms with Crippen LogP contribution in [0.4, 0.5) is 10.5 Å². The van der Waals surface area contributed by atoms with Gasteiger partial charge >= 0.3 is 6.09 Å². The second kappa shape index (κ2) is 9.71. The third-order valence-corrected chi connectivity index (χ3v) is 3.80. The van der Waals surface area contributed by atoms with E-state index in [1.54, 1.807) is 75.0 Å². The molecule has 0 fully saturated rings. The molecule has 0 spiro atoms. The van der Waals surface area contributed by atoms with Gasteiger partial charge in [0.05, 0.1) is 0 Å². The van der Waals surface area contributed by atoms with Crippen molar-refractivity contribution in [3.63, 3.8) is 0 Å². The number of ketones is 1. The lowest BCUT2D eigenvalue weighted by atomic mass is 10.1. The van der Waals surface area contributed by atoms with E-state index in [4.69, 9.17) is 9.94 Å². The van der Waals surface area contributed by atoms with Gasteiger partial charge in [0.1, 0.15) is 5.60 Å². The average molecular weight is 411 g/mol. The maximum atomic E-state index is 12.5. The van der Waals surface area contributed by atoms with E-state index in [1.807, 2.05) is 0 Å². The summed E-state index contributed by atoms with van der Waals surface area (Å²) in [4.78, 5) is 35.5. The van der Waals surface area contributed by atoms with E-state index in [2.05, 4.69) is 5.32 Å². The number of nitrogens with one attached hydrogen (secondary N) is 2. The molecule has 0 saturated heterocycles. The molecule has 30 heavy (non-hydrogen) atoms. The van der Waals surface area contributed by atoms with Crippen LogP contribution in [0.5, 0.6) is 0 Å². The van der Waals surface area contributed by atoms with E-state index in [-0.39, 0.29) is 5.78 Å². The maximum Gasteiger partial charge on any atom is 0.412 e. The summed E-state index contributed by atoms with van der Waals surface area (Å²) in [6.07, 6.45) is 7.01. The number of aryl methyl sites for hydroxylation is 1. The van der Waals surface area contributed by atoms with Gasteiger partial charge in [-0.25, -0.2) is 10.3 Å². The summed E-state index contributed by atoms with van der Waals surface area (Å²) in [5.74, 6) is -0.869. The van der Waals surface area contributed by atoms with Gasteiger partial charge in [-0.05, 0) is 62.8 Å². The Bertz CT molecular complexity index is 996. The fraction of sp³-hybridized carbons (Fsp3) is 0.227. The van der Waals surface area contributed by atoms with Crippen molar-refractivity contribution in [2.24, 2.45) is 7.05 Å². The molecule has 2 rings (SSSR count). The average Bonchev–Trinajstić information content (AvgIpc) is 3.02. The van der Waals surface area contributed by atoms with Crippen molar-refractivity contribution in [1.29, 1.82) is 0 Å². The molecule has 8 heteroatoms. The van der Waals surface area contributed by atoms with Crippen molar-refractivity contribution in [1.82, 2.24) is 10.0 Å². The van der Waals surface area contributed by atoms with Gasteiger partial charge in [-0.15, -0.1) is 0 Å². The molecule has 8 nitrogen and oxygen atoms in total. The van der Waals surface area contributed by atoms with E-state index < -0.39 is 17.6 Å². The van der Waals surface area contributed by atoms with Crippen molar-refractivity contribution in [3.8, 4) is 0 Å². The number of anilines is 1. The first kappa shape index (κ1) is 22.6. The third kappa shape index (κ3) is 7.06. The molecular weight excluding hydrogens is 386 g/mol. The predicted octanol–water partition coefficient (Wildman–Crippen LogP) is 3.79. The largest absolute Gasteiger partial charge is 0.444 e. The second-order valence-electron chi connectivity index (χ2n) is 7.52. The van der Waals surface area contributed by atoms with Crippen LogP contribution in [0.2, 0.25) is 0 Å². The molecule has 158 valence electrons. The number of nitrogens with zero attached hydrogens (tertiary/aromatic N) is 1. The number of aromatic nitrogens is 1. The minimum absolute atomic E-state index is 0.233. The Labute approximate surface area is 174 Å². The van der Waals surface area contributed by atoms with Crippen LogP contribution < -0.4 is 10.8 Å². The topological polar surface area (TPSA) is 110 Å². The zero-order valence-corrected chi connectivity index (χ0v) is 17.3. The molecule has 0 aliphatic heterocycles. The van der Waals surface area contributed by atoms with Crippen LogP contribution in [0, 0.1) is 0 Å². The standard InChI is InChI=1S/C22H25N3O5/c1-22(2,3)30-21(28)23-17-7-5-6-16(13-17)19(26)10-8-15-12-18(25(4)14-15)9-11-20(27)24-29/h5-14,29H,1-4H3,(H,23,28)(H,24,27)/b10-8+,11-9+. The number of hydroxylamine groups is 1. The Kier molecular flexibility index (Phi) is 7.32. The van der Waals surface area contributed by atoms with Gasteiger partial charge in [0.25, 0.3) is 5.91 Å². The Hall–Kier alpha value is -3.65. The van der Waals surface area contributed by atoms with E-state index in [1.165, 1.54) is 23.7 Å². The molecule has 1 aromatic carbocycles. The first-order valence-electron chi connectivity index (χ1n) is 9.18. The minimum Gasteiger partial charge on any atom is -0.444 e. The summed E-state index contributed by atoms with van der Waals surface area (Å²) < 4.78 is 6.98. The van der Waals surface area contributed by atoms with Crippen LogP contribution >= 0.6 is 0 Å². The number of benzene rings is 1. The van der Waals surface area contributed by atoms with Crippen molar-refractivity contribution in [3.05, 3.63) is 65.5 Å². The van der Waals surface area contributed by atoms with Crippen molar-refractivity contribution in [2.75, 3.05) is 5.32 Å². The molecular formula is C22H25N3O5. The highest BCUT2D eigenvalue weighted by Gasteiger charge is 2.16.